The Labute approximate surface area is 114 Å². The maximum atomic E-state index is 11.7. The molecule has 1 aromatic carbocycles. The van der Waals surface area contributed by atoms with Gasteiger partial charge in [0.25, 0.3) is 0 Å². The molecule has 0 fully saturated rings. The zero-order chi connectivity index (χ0) is 12.8. The number of nitrogens with zero attached hydrogens (tertiary/aromatic N) is 1. The number of para-hydroxylation sites is 1. The minimum atomic E-state index is -0.187. The van der Waals surface area contributed by atoms with Gasteiger partial charge in [0.2, 0.25) is 5.91 Å². The second kappa shape index (κ2) is 6.12. The van der Waals surface area contributed by atoms with Gasteiger partial charge in [0.1, 0.15) is 0 Å². The van der Waals surface area contributed by atoms with Gasteiger partial charge in [-0.1, -0.05) is 18.2 Å². The molecule has 0 aliphatic carbocycles. The van der Waals surface area contributed by atoms with Crippen LogP contribution in [0.25, 0.3) is 6.08 Å². The average molecular weight is 303 g/mol. The lowest BCUT2D eigenvalue weighted by molar-refractivity contribution is -0.111. The minimum absolute atomic E-state index is 0.187. The Bertz CT molecular complexity index is 567. The maximum Gasteiger partial charge on any atom is 0.248 e. The van der Waals surface area contributed by atoms with Gasteiger partial charge in [-0.25, -0.2) is 0 Å². The van der Waals surface area contributed by atoms with E-state index in [0.717, 1.165) is 15.9 Å². The molecule has 0 unspecified atom stereocenters. The predicted octanol–water partition coefficient (Wildman–Crippen LogP) is 3.50. The molecule has 1 aromatic heterocycles. The number of anilines is 1. The zero-order valence-corrected chi connectivity index (χ0v) is 11.1. The summed E-state index contributed by atoms with van der Waals surface area (Å²) in [6.45, 7) is 0. The van der Waals surface area contributed by atoms with Gasteiger partial charge in [0.05, 0.1) is 11.4 Å². The molecule has 0 aliphatic heterocycles. The van der Waals surface area contributed by atoms with Gasteiger partial charge >= 0.3 is 0 Å². The van der Waals surface area contributed by atoms with Crippen LogP contribution in [0.3, 0.4) is 0 Å². The van der Waals surface area contributed by atoms with Crippen LogP contribution in [0.5, 0.6) is 0 Å². The number of carbonyl (C=O) groups is 1. The Morgan fingerprint density at radius 3 is 2.67 bits per heavy atom. The molecule has 2 aromatic rings. The monoisotopic (exact) mass is 302 g/mol. The van der Waals surface area contributed by atoms with Crippen molar-refractivity contribution in [2.24, 2.45) is 0 Å². The highest BCUT2D eigenvalue weighted by atomic mass is 79.9. The van der Waals surface area contributed by atoms with Crippen molar-refractivity contribution in [3.8, 4) is 0 Å². The molecule has 90 valence electrons. The number of benzene rings is 1. The number of rotatable bonds is 3. The molecule has 0 spiro atoms. The summed E-state index contributed by atoms with van der Waals surface area (Å²) in [5.41, 5.74) is 1.49. The van der Waals surface area contributed by atoms with Crippen molar-refractivity contribution in [3.05, 3.63) is 64.9 Å². The second-order valence-electron chi connectivity index (χ2n) is 3.56. The van der Waals surface area contributed by atoms with Crippen molar-refractivity contribution in [1.82, 2.24) is 4.98 Å². The first-order valence-electron chi connectivity index (χ1n) is 5.40. The summed E-state index contributed by atoms with van der Waals surface area (Å²) in [5, 5.41) is 2.78. The van der Waals surface area contributed by atoms with Gasteiger partial charge in [0.15, 0.2) is 0 Å². The molecule has 0 bridgehead atoms. The van der Waals surface area contributed by atoms with E-state index in [1.54, 1.807) is 12.3 Å². The van der Waals surface area contributed by atoms with E-state index in [1.807, 2.05) is 42.5 Å². The number of halogens is 1. The van der Waals surface area contributed by atoms with E-state index >= 15 is 0 Å². The molecule has 0 saturated carbocycles. The summed E-state index contributed by atoms with van der Waals surface area (Å²) < 4.78 is 0.851. The van der Waals surface area contributed by atoms with Gasteiger partial charge in [0, 0.05) is 16.7 Å². The normalized spacial score (nSPS) is 10.5. The molecule has 3 nitrogen and oxygen atoms in total. The summed E-state index contributed by atoms with van der Waals surface area (Å²) in [4.78, 5) is 15.8. The predicted molar refractivity (Wildman–Crippen MR) is 76.0 cm³/mol. The molecular weight excluding hydrogens is 292 g/mol. The lowest BCUT2D eigenvalue weighted by Crippen LogP contribution is -2.08. The Morgan fingerprint density at radius 2 is 1.94 bits per heavy atom. The number of amides is 1. The van der Waals surface area contributed by atoms with Crippen molar-refractivity contribution >= 4 is 33.6 Å². The Kier molecular flexibility index (Phi) is 4.25. The van der Waals surface area contributed by atoms with Gasteiger partial charge in [-0.15, -0.1) is 0 Å². The van der Waals surface area contributed by atoms with Crippen LogP contribution in [0.2, 0.25) is 0 Å². The molecule has 0 aliphatic rings. The summed E-state index contributed by atoms with van der Waals surface area (Å²) in [6, 6.07) is 13.0. The number of carbonyl (C=O) groups excluding carboxylic acids is 1. The molecule has 2 rings (SSSR count). The molecule has 0 radical (unpaired) electrons. The van der Waals surface area contributed by atoms with Crippen LogP contribution in [0.4, 0.5) is 5.69 Å². The van der Waals surface area contributed by atoms with Crippen molar-refractivity contribution < 1.29 is 4.79 Å². The highest BCUT2D eigenvalue weighted by molar-refractivity contribution is 9.10. The van der Waals surface area contributed by atoms with Crippen molar-refractivity contribution in [2.75, 3.05) is 5.32 Å². The quantitative estimate of drug-likeness (QED) is 0.882. The van der Waals surface area contributed by atoms with Crippen LogP contribution in [-0.4, -0.2) is 10.9 Å². The molecular formula is C14H11BrN2O. The fourth-order valence-electron chi connectivity index (χ4n) is 1.37. The van der Waals surface area contributed by atoms with Gasteiger partial charge in [-0.05, 0) is 46.3 Å². The third-order valence-electron chi connectivity index (χ3n) is 2.22. The highest BCUT2D eigenvalue weighted by Gasteiger charge is 2.01. The lowest BCUT2D eigenvalue weighted by atomic mass is 10.3. The summed E-state index contributed by atoms with van der Waals surface area (Å²) in [7, 11) is 0. The third-order valence-corrected chi connectivity index (χ3v) is 2.92. The first-order chi connectivity index (χ1) is 8.75. The fourth-order valence-corrected chi connectivity index (χ4v) is 1.76. The zero-order valence-electron chi connectivity index (χ0n) is 9.51. The molecule has 4 heteroatoms. The molecule has 1 heterocycles. The fraction of sp³-hybridized carbons (Fsp3) is 0. The lowest BCUT2D eigenvalue weighted by Gasteiger charge is -2.03. The summed E-state index contributed by atoms with van der Waals surface area (Å²) >= 11 is 3.37. The van der Waals surface area contributed by atoms with Crippen molar-refractivity contribution in [2.45, 2.75) is 0 Å². The standard InChI is InChI=1S/C14H11BrN2O/c15-12-6-1-2-7-13(12)17-14(18)9-8-11-5-3-4-10-16-11/h1-10H,(H,17,18)/b9-8+. The van der Waals surface area contributed by atoms with E-state index in [4.69, 9.17) is 0 Å². The van der Waals surface area contributed by atoms with Crippen LogP contribution in [0.1, 0.15) is 5.69 Å². The first kappa shape index (κ1) is 12.5. The van der Waals surface area contributed by atoms with Crippen LogP contribution in [0.15, 0.2) is 59.2 Å². The summed E-state index contributed by atoms with van der Waals surface area (Å²) in [6.07, 6.45) is 4.82. The van der Waals surface area contributed by atoms with Gasteiger partial charge < -0.3 is 5.32 Å². The van der Waals surface area contributed by atoms with E-state index in [1.165, 1.54) is 6.08 Å². The molecule has 18 heavy (non-hydrogen) atoms. The maximum absolute atomic E-state index is 11.7. The number of nitrogens with one attached hydrogen (secondary N) is 1. The number of aromatic nitrogens is 1. The topological polar surface area (TPSA) is 42.0 Å². The number of hydrogen-bond acceptors (Lipinski definition) is 2. The van der Waals surface area contributed by atoms with Crippen LogP contribution >= 0.6 is 15.9 Å². The minimum Gasteiger partial charge on any atom is -0.321 e. The number of pyridine rings is 1. The van der Waals surface area contributed by atoms with Crippen molar-refractivity contribution in [1.29, 1.82) is 0 Å². The molecule has 1 amide bonds. The second-order valence-corrected chi connectivity index (χ2v) is 4.41. The van der Waals surface area contributed by atoms with Gasteiger partial charge in [-0.2, -0.15) is 0 Å². The average Bonchev–Trinajstić information content (AvgIpc) is 2.40. The number of hydrogen-bond donors (Lipinski definition) is 1. The smallest absolute Gasteiger partial charge is 0.248 e. The molecule has 0 atom stereocenters. The Hall–Kier alpha value is -1.94. The Balaban J connectivity index is 2.02. The van der Waals surface area contributed by atoms with E-state index in [-0.39, 0.29) is 5.91 Å². The van der Waals surface area contributed by atoms with Crippen LogP contribution in [0, 0.1) is 0 Å². The molecule has 1 N–H and O–H groups in total. The highest BCUT2D eigenvalue weighted by Crippen LogP contribution is 2.20. The van der Waals surface area contributed by atoms with Crippen LogP contribution in [-0.2, 0) is 4.79 Å². The van der Waals surface area contributed by atoms with E-state index in [2.05, 4.69) is 26.2 Å². The van der Waals surface area contributed by atoms with Gasteiger partial charge in [-0.3, -0.25) is 9.78 Å². The molecule has 0 saturated heterocycles. The Morgan fingerprint density at radius 1 is 1.17 bits per heavy atom. The third kappa shape index (κ3) is 3.53. The largest absolute Gasteiger partial charge is 0.321 e. The first-order valence-corrected chi connectivity index (χ1v) is 6.19. The van der Waals surface area contributed by atoms with E-state index in [9.17, 15) is 4.79 Å². The van der Waals surface area contributed by atoms with Crippen molar-refractivity contribution in [3.63, 3.8) is 0 Å². The summed E-state index contributed by atoms with van der Waals surface area (Å²) in [5.74, 6) is -0.187. The van der Waals surface area contributed by atoms with E-state index < -0.39 is 0 Å². The van der Waals surface area contributed by atoms with E-state index in [0.29, 0.717) is 0 Å². The van der Waals surface area contributed by atoms with Crippen LogP contribution < -0.4 is 5.32 Å². The SMILES string of the molecule is O=C(/C=C/c1ccccn1)Nc1ccccc1Br.